The molecule has 0 unspecified atom stereocenters. The third kappa shape index (κ3) is 4.40. The van der Waals surface area contributed by atoms with Gasteiger partial charge in [-0.05, 0) is 60.7 Å². The van der Waals surface area contributed by atoms with Crippen LogP contribution in [-0.2, 0) is 0 Å². The van der Waals surface area contributed by atoms with Gasteiger partial charge in [0.25, 0.3) is 0 Å². The summed E-state index contributed by atoms with van der Waals surface area (Å²) in [5.41, 5.74) is 2.45. The van der Waals surface area contributed by atoms with Gasteiger partial charge in [-0.1, -0.05) is 41.6 Å². The summed E-state index contributed by atoms with van der Waals surface area (Å²) in [7, 11) is 1.63. The molecule has 0 aliphatic rings. The number of ketones is 1. The zero-order valence-corrected chi connectivity index (χ0v) is 17.7. The fourth-order valence-electron chi connectivity index (χ4n) is 2.95. The Kier molecular flexibility index (Phi) is 6.16. The summed E-state index contributed by atoms with van der Waals surface area (Å²) in [5.74, 6) is 1.72. The third-order valence-corrected chi connectivity index (χ3v) is 5.68. The number of halogens is 1. The zero-order chi connectivity index (χ0) is 20.9. The number of thioether (sulfide) groups is 1. The average Bonchev–Trinajstić information content (AvgIpc) is 3.22. The predicted molar refractivity (Wildman–Crippen MR) is 120 cm³/mol. The van der Waals surface area contributed by atoms with Crippen LogP contribution in [0.25, 0.3) is 17.1 Å². The highest BCUT2D eigenvalue weighted by molar-refractivity contribution is 7.99. The van der Waals surface area contributed by atoms with Gasteiger partial charge in [0.15, 0.2) is 16.8 Å². The number of Topliss-reactive ketones (excluding diaryl/α,β-unsaturated/α-hetero) is 1. The van der Waals surface area contributed by atoms with Gasteiger partial charge in [0, 0.05) is 21.8 Å². The van der Waals surface area contributed by atoms with E-state index >= 15 is 0 Å². The molecule has 0 amide bonds. The summed E-state index contributed by atoms with van der Waals surface area (Å²) >= 11 is 7.27. The number of hydrogen-bond acceptors (Lipinski definition) is 5. The third-order valence-electron chi connectivity index (χ3n) is 4.49. The lowest BCUT2D eigenvalue weighted by atomic mass is 10.1. The minimum atomic E-state index is 0.00489. The van der Waals surface area contributed by atoms with Crippen LogP contribution in [-0.4, -0.2) is 33.4 Å². The van der Waals surface area contributed by atoms with Crippen LogP contribution in [0.2, 0.25) is 5.02 Å². The molecule has 5 nitrogen and oxygen atoms in total. The van der Waals surface area contributed by atoms with Crippen molar-refractivity contribution in [1.29, 1.82) is 0 Å². The Hall–Kier alpha value is -3.09. The lowest BCUT2D eigenvalue weighted by molar-refractivity contribution is 0.102. The highest BCUT2D eigenvalue weighted by Gasteiger charge is 2.18. The van der Waals surface area contributed by atoms with Crippen molar-refractivity contribution >= 4 is 29.1 Å². The Labute approximate surface area is 183 Å². The summed E-state index contributed by atoms with van der Waals surface area (Å²) < 4.78 is 7.21. The van der Waals surface area contributed by atoms with Gasteiger partial charge in [-0.3, -0.25) is 9.36 Å². The van der Waals surface area contributed by atoms with Crippen molar-refractivity contribution in [3.05, 3.63) is 89.4 Å². The smallest absolute Gasteiger partial charge is 0.196 e. The Morgan fingerprint density at radius 3 is 2.33 bits per heavy atom. The second kappa shape index (κ2) is 9.15. The zero-order valence-electron chi connectivity index (χ0n) is 16.2. The summed E-state index contributed by atoms with van der Waals surface area (Å²) in [6.07, 6.45) is 0. The predicted octanol–water partition coefficient (Wildman–Crippen LogP) is 5.57. The molecule has 0 fully saturated rings. The number of carbonyl (C=O) groups excluding carboxylic acids is 1. The highest BCUT2D eigenvalue weighted by atomic mass is 35.5. The first-order valence-corrected chi connectivity index (χ1v) is 10.6. The number of ether oxygens (including phenoxy) is 1. The van der Waals surface area contributed by atoms with Gasteiger partial charge in [0.2, 0.25) is 0 Å². The van der Waals surface area contributed by atoms with Crippen LogP contribution in [0, 0.1) is 0 Å². The number of nitrogens with zero attached hydrogens (tertiary/aromatic N) is 3. The number of hydrogen-bond donors (Lipinski definition) is 0. The largest absolute Gasteiger partial charge is 0.497 e. The quantitative estimate of drug-likeness (QED) is 0.280. The molecule has 1 heterocycles. The first kappa shape index (κ1) is 20.2. The van der Waals surface area contributed by atoms with Gasteiger partial charge in [0.1, 0.15) is 5.75 Å². The Morgan fingerprint density at radius 2 is 1.67 bits per heavy atom. The SMILES string of the molecule is COc1ccc(-c2nnc(SCC(=O)c3ccc(Cl)cc3)n2-c2ccccc2)cc1. The van der Waals surface area contributed by atoms with Gasteiger partial charge >= 0.3 is 0 Å². The molecule has 4 rings (SSSR count). The standard InChI is InChI=1S/C23H18ClN3O2S/c1-29-20-13-9-17(10-14-20)22-25-26-23(27(22)19-5-3-2-4-6-19)30-15-21(28)16-7-11-18(24)12-8-16/h2-14H,15H2,1H3. The molecule has 3 aromatic carbocycles. The summed E-state index contributed by atoms with van der Waals surface area (Å²) in [5, 5.41) is 10.0. The first-order chi connectivity index (χ1) is 14.7. The van der Waals surface area contributed by atoms with Crippen molar-refractivity contribution in [2.75, 3.05) is 12.9 Å². The molecule has 4 aromatic rings. The lowest BCUT2D eigenvalue weighted by Crippen LogP contribution is -2.05. The van der Waals surface area contributed by atoms with Crippen molar-refractivity contribution in [2.24, 2.45) is 0 Å². The first-order valence-electron chi connectivity index (χ1n) is 9.22. The van der Waals surface area contributed by atoms with Gasteiger partial charge in [-0.25, -0.2) is 0 Å². The van der Waals surface area contributed by atoms with E-state index in [-0.39, 0.29) is 11.5 Å². The molecule has 30 heavy (non-hydrogen) atoms. The minimum absolute atomic E-state index is 0.00489. The Bertz CT molecular complexity index is 1140. The van der Waals surface area contributed by atoms with Crippen molar-refractivity contribution in [2.45, 2.75) is 5.16 Å². The van der Waals surface area contributed by atoms with Crippen molar-refractivity contribution < 1.29 is 9.53 Å². The van der Waals surface area contributed by atoms with E-state index in [2.05, 4.69) is 10.2 Å². The molecule has 0 saturated heterocycles. The molecular formula is C23H18ClN3O2S. The van der Waals surface area contributed by atoms with Gasteiger partial charge in [-0.15, -0.1) is 10.2 Å². The summed E-state index contributed by atoms with van der Waals surface area (Å²) in [4.78, 5) is 12.6. The topological polar surface area (TPSA) is 57.0 Å². The fraction of sp³-hybridized carbons (Fsp3) is 0.0870. The number of aromatic nitrogens is 3. The van der Waals surface area contributed by atoms with Crippen molar-refractivity contribution in [3.63, 3.8) is 0 Å². The normalized spacial score (nSPS) is 10.7. The van der Waals surface area contributed by atoms with Crippen LogP contribution in [0.3, 0.4) is 0 Å². The number of carbonyl (C=O) groups is 1. The molecule has 0 radical (unpaired) electrons. The Morgan fingerprint density at radius 1 is 0.967 bits per heavy atom. The number of methoxy groups -OCH3 is 1. The molecule has 1 aromatic heterocycles. The second-order valence-electron chi connectivity index (χ2n) is 6.42. The molecular weight excluding hydrogens is 418 g/mol. The average molecular weight is 436 g/mol. The van der Waals surface area contributed by atoms with E-state index in [9.17, 15) is 4.79 Å². The molecule has 0 aliphatic carbocycles. The number of para-hydroxylation sites is 1. The van der Waals surface area contributed by atoms with E-state index in [4.69, 9.17) is 16.3 Å². The van der Waals surface area contributed by atoms with E-state index in [0.717, 1.165) is 17.0 Å². The van der Waals surface area contributed by atoms with Crippen LogP contribution in [0.1, 0.15) is 10.4 Å². The molecule has 0 atom stereocenters. The van der Waals surface area contributed by atoms with E-state index in [1.165, 1.54) is 11.8 Å². The van der Waals surface area contributed by atoms with Crippen LogP contribution in [0.15, 0.2) is 84.0 Å². The van der Waals surface area contributed by atoms with Crippen LogP contribution in [0.4, 0.5) is 0 Å². The van der Waals surface area contributed by atoms with E-state index < -0.39 is 0 Å². The number of rotatable bonds is 7. The lowest BCUT2D eigenvalue weighted by Gasteiger charge is -2.10. The summed E-state index contributed by atoms with van der Waals surface area (Å²) in [6, 6.07) is 24.4. The van der Waals surface area contributed by atoms with Crippen LogP contribution < -0.4 is 4.74 Å². The van der Waals surface area contributed by atoms with Crippen molar-refractivity contribution in [3.8, 4) is 22.8 Å². The molecule has 0 aliphatic heterocycles. The van der Waals surface area contributed by atoms with Gasteiger partial charge in [-0.2, -0.15) is 0 Å². The Balaban J connectivity index is 1.65. The molecule has 0 bridgehead atoms. The van der Waals surface area contributed by atoms with Crippen molar-refractivity contribution in [1.82, 2.24) is 14.8 Å². The van der Waals surface area contributed by atoms with Gasteiger partial charge in [0.05, 0.1) is 12.9 Å². The summed E-state index contributed by atoms with van der Waals surface area (Å²) in [6.45, 7) is 0. The van der Waals surface area contributed by atoms with E-state index in [1.54, 1.807) is 31.4 Å². The second-order valence-corrected chi connectivity index (χ2v) is 7.80. The molecule has 150 valence electrons. The monoisotopic (exact) mass is 435 g/mol. The minimum Gasteiger partial charge on any atom is -0.497 e. The maximum absolute atomic E-state index is 12.6. The number of benzene rings is 3. The van der Waals surface area contributed by atoms with E-state index in [1.807, 2.05) is 59.2 Å². The molecule has 0 saturated carbocycles. The molecule has 0 spiro atoms. The van der Waals surface area contributed by atoms with Crippen LogP contribution >= 0.6 is 23.4 Å². The maximum atomic E-state index is 12.6. The van der Waals surface area contributed by atoms with Crippen LogP contribution in [0.5, 0.6) is 5.75 Å². The van der Waals surface area contributed by atoms with Gasteiger partial charge < -0.3 is 4.74 Å². The van der Waals surface area contributed by atoms with E-state index in [0.29, 0.717) is 21.6 Å². The molecule has 7 heteroatoms. The maximum Gasteiger partial charge on any atom is 0.196 e. The highest BCUT2D eigenvalue weighted by Crippen LogP contribution is 2.29. The molecule has 0 N–H and O–H groups in total. The fourth-order valence-corrected chi connectivity index (χ4v) is 3.92.